The third-order valence-corrected chi connectivity index (χ3v) is 12.9. The minimum atomic E-state index is -1.95. The minimum absolute atomic E-state index is 0.991. The van der Waals surface area contributed by atoms with Crippen LogP contribution < -0.4 is 5.32 Å². The molecule has 0 aromatic heterocycles. The Morgan fingerprint density at radius 3 is 1.75 bits per heavy atom. The van der Waals surface area contributed by atoms with E-state index in [1.54, 1.807) is 0 Å². The molecule has 98 valence electrons. The van der Waals surface area contributed by atoms with Crippen LogP contribution in [0.1, 0.15) is 6.92 Å². The quantitative estimate of drug-likeness (QED) is 0.727. The normalized spacial score (nSPS) is 17.2. The molecule has 0 saturated heterocycles. The zero-order valence-corrected chi connectivity index (χ0v) is 15.2. The molecular formula is C10H29NO2Si3. The maximum atomic E-state index is 6.42. The second kappa shape index (κ2) is 5.92. The van der Waals surface area contributed by atoms with Gasteiger partial charge in [-0.25, -0.2) is 0 Å². The van der Waals surface area contributed by atoms with Crippen molar-refractivity contribution in [1.82, 2.24) is 5.32 Å². The monoisotopic (exact) mass is 279 g/mol. The van der Waals surface area contributed by atoms with Crippen LogP contribution in [0, 0.1) is 0 Å². The fourth-order valence-electron chi connectivity index (χ4n) is 1.86. The largest absolute Gasteiger partial charge is 0.437 e. The molecule has 0 saturated carbocycles. The molecule has 0 bridgehead atoms. The van der Waals surface area contributed by atoms with E-state index in [-0.39, 0.29) is 0 Å². The predicted octanol–water partition coefficient (Wildman–Crippen LogP) is 2.91. The second-order valence-corrected chi connectivity index (χ2v) is 18.8. The van der Waals surface area contributed by atoms with E-state index in [0.717, 1.165) is 12.2 Å². The van der Waals surface area contributed by atoms with Gasteiger partial charge >= 0.3 is 8.56 Å². The topological polar surface area (TPSA) is 30.5 Å². The van der Waals surface area contributed by atoms with E-state index in [4.69, 9.17) is 8.23 Å². The minimum Gasteiger partial charge on any atom is -0.437 e. The molecule has 0 aromatic carbocycles. The van der Waals surface area contributed by atoms with Gasteiger partial charge in [0.05, 0.1) is 0 Å². The molecule has 0 aliphatic rings. The number of hydrogen-bond donors (Lipinski definition) is 1. The Balaban J connectivity index is 4.59. The van der Waals surface area contributed by atoms with Gasteiger partial charge in [0.15, 0.2) is 16.6 Å². The highest BCUT2D eigenvalue weighted by Crippen LogP contribution is 2.23. The predicted molar refractivity (Wildman–Crippen MR) is 79.0 cm³/mol. The van der Waals surface area contributed by atoms with Crippen molar-refractivity contribution in [2.75, 3.05) is 13.2 Å². The molecule has 0 spiro atoms. The van der Waals surface area contributed by atoms with Crippen LogP contribution in [-0.4, -0.2) is 38.4 Å². The van der Waals surface area contributed by atoms with E-state index in [1.807, 2.05) is 7.05 Å². The van der Waals surface area contributed by atoms with Gasteiger partial charge in [-0.2, -0.15) is 0 Å². The van der Waals surface area contributed by atoms with Crippen LogP contribution in [0.15, 0.2) is 0 Å². The highest BCUT2D eigenvalue weighted by atomic mass is 28.5. The molecule has 16 heavy (non-hydrogen) atoms. The molecule has 0 rings (SSSR count). The summed E-state index contributed by atoms with van der Waals surface area (Å²) in [7, 11) is -3.07. The Bertz CT molecular complexity index is 219. The molecule has 1 atom stereocenters. The van der Waals surface area contributed by atoms with Crippen molar-refractivity contribution >= 4 is 25.2 Å². The van der Waals surface area contributed by atoms with E-state index in [1.165, 1.54) is 0 Å². The van der Waals surface area contributed by atoms with Crippen LogP contribution in [0.4, 0.5) is 0 Å². The average Bonchev–Trinajstić information content (AvgIpc) is 1.98. The number of nitrogens with one attached hydrogen (secondary N) is 1. The summed E-state index contributed by atoms with van der Waals surface area (Å²) in [4.78, 5) is 0. The summed E-state index contributed by atoms with van der Waals surface area (Å²) in [6, 6.07) is 1.04. The van der Waals surface area contributed by atoms with Gasteiger partial charge in [0, 0.05) is 6.17 Å². The van der Waals surface area contributed by atoms with Crippen molar-refractivity contribution in [1.29, 1.82) is 0 Å². The molecule has 0 amide bonds. The highest BCUT2D eigenvalue weighted by Gasteiger charge is 2.40. The van der Waals surface area contributed by atoms with Gasteiger partial charge in [0.2, 0.25) is 0 Å². The Labute approximate surface area is 104 Å². The van der Waals surface area contributed by atoms with Crippen molar-refractivity contribution in [3.8, 4) is 0 Å². The molecule has 0 aliphatic carbocycles. The zero-order chi connectivity index (χ0) is 13.0. The first kappa shape index (κ1) is 16.5. The first-order valence-electron chi connectivity index (χ1n) is 6.08. The maximum absolute atomic E-state index is 6.42. The second-order valence-electron chi connectivity index (χ2n) is 6.09. The Hall–Kier alpha value is 0.531. The summed E-state index contributed by atoms with van der Waals surface area (Å²) in [5.41, 5.74) is 0. The van der Waals surface area contributed by atoms with Gasteiger partial charge in [0.1, 0.15) is 0 Å². The zero-order valence-electron chi connectivity index (χ0n) is 12.2. The fourth-order valence-corrected chi connectivity index (χ4v) is 14.6. The SMILES string of the molecule is CC[Si](C)(O[Si](C)(C)C)O[Si](C)(C)CNC. The maximum Gasteiger partial charge on any atom is 0.314 e. The van der Waals surface area contributed by atoms with Gasteiger partial charge < -0.3 is 13.5 Å². The van der Waals surface area contributed by atoms with E-state index in [9.17, 15) is 0 Å². The fraction of sp³-hybridized carbons (Fsp3) is 1.00. The van der Waals surface area contributed by atoms with Crippen LogP contribution in [0.5, 0.6) is 0 Å². The third kappa shape index (κ3) is 6.97. The summed E-state index contributed by atoms with van der Waals surface area (Å²) in [5, 5.41) is 3.23. The van der Waals surface area contributed by atoms with Crippen molar-refractivity contribution in [3.63, 3.8) is 0 Å². The highest BCUT2D eigenvalue weighted by molar-refractivity contribution is 6.88. The van der Waals surface area contributed by atoms with Crippen molar-refractivity contribution in [2.45, 2.75) is 52.2 Å². The third-order valence-electron chi connectivity index (χ3n) is 2.26. The molecule has 6 heteroatoms. The van der Waals surface area contributed by atoms with Crippen LogP contribution in [0.3, 0.4) is 0 Å². The van der Waals surface area contributed by atoms with Crippen LogP contribution in [0.25, 0.3) is 0 Å². The molecule has 0 radical (unpaired) electrons. The molecule has 1 unspecified atom stereocenters. The van der Waals surface area contributed by atoms with Crippen molar-refractivity contribution in [3.05, 3.63) is 0 Å². The molecule has 1 N–H and O–H groups in total. The Kier molecular flexibility index (Phi) is 6.12. The van der Waals surface area contributed by atoms with Crippen LogP contribution in [0.2, 0.25) is 45.3 Å². The van der Waals surface area contributed by atoms with Crippen molar-refractivity contribution < 1.29 is 8.23 Å². The molecule has 0 aliphatic heterocycles. The van der Waals surface area contributed by atoms with E-state index >= 15 is 0 Å². The lowest BCUT2D eigenvalue weighted by Crippen LogP contribution is -2.56. The van der Waals surface area contributed by atoms with Crippen molar-refractivity contribution in [2.24, 2.45) is 0 Å². The number of hydrogen-bond acceptors (Lipinski definition) is 3. The standard InChI is InChI=1S/C10H29NO2Si3/c1-9-16(8,12-14(3,4)5)13-15(6,7)10-11-2/h11H,9-10H2,1-8H3. The van der Waals surface area contributed by atoms with Gasteiger partial charge in [-0.05, 0) is 52.4 Å². The smallest absolute Gasteiger partial charge is 0.314 e. The molecule has 0 fully saturated rings. The molecule has 0 heterocycles. The summed E-state index contributed by atoms with van der Waals surface area (Å²) < 4.78 is 12.7. The van der Waals surface area contributed by atoms with Crippen LogP contribution in [-0.2, 0) is 8.23 Å². The van der Waals surface area contributed by atoms with E-state index in [0.29, 0.717) is 0 Å². The lowest BCUT2D eigenvalue weighted by Gasteiger charge is -2.39. The first-order valence-corrected chi connectivity index (χ1v) is 15.1. The molecular weight excluding hydrogens is 250 g/mol. The summed E-state index contributed by atoms with van der Waals surface area (Å²) >= 11 is 0. The first-order chi connectivity index (χ1) is 7.04. The lowest BCUT2D eigenvalue weighted by atomic mass is 11.0. The van der Waals surface area contributed by atoms with E-state index < -0.39 is 25.2 Å². The molecule has 0 aromatic rings. The summed E-state index contributed by atoms with van der Waals surface area (Å²) in [6.07, 6.45) is 0.991. The van der Waals surface area contributed by atoms with Gasteiger partial charge in [-0.1, -0.05) is 6.92 Å². The average molecular weight is 280 g/mol. The van der Waals surface area contributed by atoms with E-state index in [2.05, 4.69) is 51.5 Å². The Morgan fingerprint density at radius 2 is 1.44 bits per heavy atom. The summed E-state index contributed by atoms with van der Waals surface area (Å²) in [5.74, 6) is 0. The summed E-state index contributed by atoms with van der Waals surface area (Å²) in [6.45, 7) is 15.7. The van der Waals surface area contributed by atoms with Gasteiger partial charge in [0.25, 0.3) is 0 Å². The molecule has 3 nitrogen and oxygen atoms in total. The number of rotatable bonds is 7. The Morgan fingerprint density at radius 1 is 0.938 bits per heavy atom. The van der Waals surface area contributed by atoms with Gasteiger partial charge in [-0.3, -0.25) is 0 Å². The lowest BCUT2D eigenvalue weighted by molar-refractivity contribution is 0.382. The van der Waals surface area contributed by atoms with Gasteiger partial charge in [-0.15, -0.1) is 0 Å². The van der Waals surface area contributed by atoms with Crippen LogP contribution >= 0.6 is 0 Å².